The second-order valence-corrected chi connectivity index (χ2v) is 4.16. The number of rotatable bonds is 5. The number of alkyl halides is 1. The monoisotopic (exact) mass is 252 g/mol. The fraction of sp³-hybridized carbons (Fsp3) is 0.385. The highest BCUT2D eigenvalue weighted by atomic mass is 79.9. The molecule has 0 radical (unpaired) electrons. The van der Waals surface area contributed by atoms with E-state index in [0.717, 1.165) is 11.8 Å². The molecule has 14 heavy (non-hydrogen) atoms. The van der Waals surface area contributed by atoms with Gasteiger partial charge >= 0.3 is 0 Å². The fourth-order valence-electron chi connectivity index (χ4n) is 1.37. The van der Waals surface area contributed by atoms with Gasteiger partial charge in [0, 0.05) is 5.33 Å². The molecule has 0 atom stereocenters. The summed E-state index contributed by atoms with van der Waals surface area (Å²) in [6.45, 7) is 2.21. The van der Waals surface area contributed by atoms with Crippen molar-refractivity contribution >= 4 is 22.0 Å². The summed E-state index contributed by atoms with van der Waals surface area (Å²) >= 11 is 3.40. The van der Waals surface area contributed by atoms with Gasteiger partial charge in [0.25, 0.3) is 0 Å². The second kappa shape index (κ2) is 6.83. The maximum Gasteiger partial charge on any atom is 0.00660 e. The van der Waals surface area contributed by atoms with E-state index in [1.807, 2.05) is 0 Å². The highest BCUT2D eigenvalue weighted by molar-refractivity contribution is 9.09. The minimum Gasteiger partial charge on any atom is -0.0925 e. The van der Waals surface area contributed by atoms with Crippen molar-refractivity contribution in [3.8, 4) is 0 Å². The Bertz CT molecular complexity index is 272. The van der Waals surface area contributed by atoms with Gasteiger partial charge in [-0.25, -0.2) is 0 Å². The summed E-state index contributed by atoms with van der Waals surface area (Å²) in [7, 11) is 0. The summed E-state index contributed by atoms with van der Waals surface area (Å²) in [5.41, 5.74) is 2.73. The second-order valence-electron chi connectivity index (χ2n) is 3.37. The van der Waals surface area contributed by atoms with Crippen LogP contribution in [0.5, 0.6) is 0 Å². The first-order chi connectivity index (χ1) is 6.86. The Kier molecular flexibility index (Phi) is 5.62. The van der Waals surface area contributed by atoms with Gasteiger partial charge in [0.05, 0.1) is 0 Å². The van der Waals surface area contributed by atoms with Gasteiger partial charge in [0.15, 0.2) is 0 Å². The number of hydrogen-bond acceptors (Lipinski definition) is 0. The van der Waals surface area contributed by atoms with Gasteiger partial charge in [-0.3, -0.25) is 0 Å². The number of allylic oxidation sites excluding steroid dienone is 1. The molecular weight excluding hydrogens is 236 g/mol. The molecular formula is C13H17Br. The summed E-state index contributed by atoms with van der Waals surface area (Å²) in [5.74, 6) is 0. The van der Waals surface area contributed by atoms with E-state index in [1.165, 1.54) is 24.0 Å². The number of hydrogen-bond donors (Lipinski definition) is 0. The zero-order valence-electron chi connectivity index (χ0n) is 8.67. The molecule has 1 heteroatoms. The molecule has 0 bridgehead atoms. The lowest BCUT2D eigenvalue weighted by Crippen LogP contribution is -1.82. The quantitative estimate of drug-likeness (QED) is 0.680. The molecule has 0 aromatic heterocycles. The summed E-state index contributed by atoms with van der Waals surface area (Å²) in [5, 5.41) is 1.04. The van der Waals surface area contributed by atoms with Crippen LogP contribution in [0.4, 0.5) is 0 Å². The molecule has 1 rings (SSSR count). The third kappa shape index (κ3) is 4.10. The number of halogens is 1. The maximum absolute atomic E-state index is 3.40. The molecule has 76 valence electrons. The average molecular weight is 253 g/mol. The van der Waals surface area contributed by atoms with Crippen LogP contribution in [0, 0.1) is 0 Å². The van der Waals surface area contributed by atoms with Crippen molar-refractivity contribution in [2.75, 3.05) is 5.33 Å². The molecule has 0 N–H and O–H groups in total. The van der Waals surface area contributed by atoms with E-state index in [2.05, 4.69) is 59.3 Å². The van der Waals surface area contributed by atoms with Gasteiger partial charge < -0.3 is 0 Å². The Morgan fingerprint density at radius 2 is 1.93 bits per heavy atom. The first-order valence-corrected chi connectivity index (χ1v) is 6.30. The van der Waals surface area contributed by atoms with Gasteiger partial charge in [-0.1, -0.05) is 65.7 Å². The van der Waals surface area contributed by atoms with Gasteiger partial charge in [-0.05, 0) is 24.0 Å². The molecule has 0 aliphatic heterocycles. The molecule has 0 nitrogen and oxygen atoms in total. The maximum atomic E-state index is 3.40. The molecule has 0 unspecified atom stereocenters. The predicted molar refractivity (Wildman–Crippen MR) is 67.9 cm³/mol. The molecule has 0 heterocycles. The molecule has 0 aliphatic rings. The van der Waals surface area contributed by atoms with Crippen LogP contribution < -0.4 is 0 Å². The van der Waals surface area contributed by atoms with E-state index in [0.29, 0.717) is 0 Å². The molecule has 0 saturated carbocycles. The zero-order valence-corrected chi connectivity index (χ0v) is 10.3. The highest BCUT2D eigenvalue weighted by Crippen LogP contribution is 2.08. The molecule has 0 aliphatic carbocycles. The topological polar surface area (TPSA) is 0 Å². The first-order valence-electron chi connectivity index (χ1n) is 5.18. The van der Waals surface area contributed by atoms with Crippen LogP contribution in [-0.4, -0.2) is 5.33 Å². The van der Waals surface area contributed by atoms with E-state index >= 15 is 0 Å². The molecule has 1 aromatic rings. The van der Waals surface area contributed by atoms with Crippen molar-refractivity contribution in [1.29, 1.82) is 0 Å². The van der Waals surface area contributed by atoms with Crippen LogP contribution in [0.15, 0.2) is 30.3 Å². The summed E-state index contributed by atoms with van der Waals surface area (Å²) in [6.07, 6.45) is 7.88. The Labute approximate surface area is 95.2 Å². The largest absolute Gasteiger partial charge is 0.0925 e. The van der Waals surface area contributed by atoms with Crippen LogP contribution in [0.25, 0.3) is 6.08 Å². The highest BCUT2D eigenvalue weighted by Gasteiger charge is 1.90. The van der Waals surface area contributed by atoms with Crippen LogP contribution in [0.2, 0.25) is 0 Å². The van der Waals surface area contributed by atoms with Crippen LogP contribution in [-0.2, 0) is 6.42 Å². The lowest BCUT2D eigenvalue weighted by Gasteiger charge is -1.98. The van der Waals surface area contributed by atoms with Crippen molar-refractivity contribution in [3.63, 3.8) is 0 Å². The SMILES string of the molecule is CCCc1ccc(/C=C/CCBr)cc1. The lowest BCUT2D eigenvalue weighted by atomic mass is 10.1. The van der Waals surface area contributed by atoms with Crippen molar-refractivity contribution in [2.45, 2.75) is 26.2 Å². The number of benzene rings is 1. The minimum atomic E-state index is 1.04. The normalized spacial score (nSPS) is 11.0. The van der Waals surface area contributed by atoms with E-state index in [1.54, 1.807) is 0 Å². The summed E-state index contributed by atoms with van der Waals surface area (Å²) < 4.78 is 0. The average Bonchev–Trinajstić information content (AvgIpc) is 2.21. The molecule has 0 fully saturated rings. The van der Waals surface area contributed by atoms with Crippen molar-refractivity contribution < 1.29 is 0 Å². The Balaban J connectivity index is 2.54. The number of aryl methyl sites for hydroxylation is 1. The fourth-order valence-corrected chi connectivity index (χ4v) is 1.63. The smallest absolute Gasteiger partial charge is 0.00660 e. The third-order valence-electron chi connectivity index (χ3n) is 2.10. The van der Waals surface area contributed by atoms with Gasteiger partial charge in [-0.2, -0.15) is 0 Å². The molecule has 0 spiro atoms. The van der Waals surface area contributed by atoms with E-state index in [9.17, 15) is 0 Å². The Hall–Kier alpha value is -0.560. The lowest BCUT2D eigenvalue weighted by molar-refractivity contribution is 0.922. The minimum absolute atomic E-state index is 1.04. The predicted octanol–water partition coefficient (Wildman–Crippen LogP) is 4.44. The van der Waals surface area contributed by atoms with Crippen LogP contribution in [0.1, 0.15) is 30.9 Å². The van der Waals surface area contributed by atoms with Crippen molar-refractivity contribution in [2.24, 2.45) is 0 Å². The van der Waals surface area contributed by atoms with Gasteiger partial charge in [-0.15, -0.1) is 0 Å². The van der Waals surface area contributed by atoms with Crippen molar-refractivity contribution in [1.82, 2.24) is 0 Å². The van der Waals surface area contributed by atoms with E-state index in [-0.39, 0.29) is 0 Å². The zero-order chi connectivity index (χ0) is 10.2. The Morgan fingerprint density at radius 3 is 2.50 bits per heavy atom. The molecule has 0 saturated heterocycles. The van der Waals surface area contributed by atoms with Crippen LogP contribution in [0.3, 0.4) is 0 Å². The Morgan fingerprint density at radius 1 is 1.21 bits per heavy atom. The molecule has 1 aromatic carbocycles. The standard InChI is InChI=1S/C13H17Br/c1-2-5-12-7-9-13(10-8-12)6-3-4-11-14/h3,6-10H,2,4-5,11H2,1H3/b6-3+. The van der Waals surface area contributed by atoms with Crippen LogP contribution >= 0.6 is 15.9 Å². The van der Waals surface area contributed by atoms with Gasteiger partial charge in [0.2, 0.25) is 0 Å². The summed E-state index contributed by atoms with van der Waals surface area (Å²) in [4.78, 5) is 0. The summed E-state index contributed by atoms with van der Waals surface area (Å²) in [6, 6.07) is 8.82. The first kappa shape index (κ1) is 11.5. The van der Waals surface area contributed by atoms with E-state index in [4.69, 9.17) is 0 Å². The van der Waals surface area contributed by atoms with Gasteiger partial charge in [0.1, 0.15) is 0 Å². The third-order valence-corrected chi connectivity index (χ3v) is 2.56. The molecule has 0 amide bonds. The van der Waals surface area contributed by atoms with Crippen molar-refractivity contribution in [3.05, 3.63) is 41.5 Å². The van der Waals surface area contributed by atoms with E-state index < -0.39 is 0 Å².